The summed E-state index contributed by atoms with van der Waals surface area (Å²) >= 11 is 0. The number of halogens is 1. The van der Waals surface area contributed by atoms with Crippen molar-refractivity contribution >= 4 is 0 Å². The largest absolute Gasteiger partial charge is 0.439 e. The van der Waals surface area contributed by atoms with E-state index in [1.54, 1.807) is 18.2 Å². The van der Waals surface area contributed by atoms with Gasteiger partial charge in [0.25, 0.3) is 0 Å². The van der Waals surface area contributed by atoms with Crippen LogP contribution in [-0.2, 0) is 6.54 Å². The lowest BCUT2D eigenvalue weighted by atomic mass is 10.3. The Morgan fingerprint density at radius 2 is 2.00 bits per heavy atom. The third-order valence-electron chi connectivity index (χ3n) is 2.49. The molecule has 0 amide bonds. The van der Waals surface area contributed by atoms with Crippen molar-refractivity contribution in [3.05, 3.63) is 54.0 Å². The molecule has 0 atom stereocenters. The Balaban J connectivity index is 2.06. The Morgan fingerprint density at radius 3 is 2.74 bits per heavy atom. The molecule has 2 rings (SSSR count). The molecule has 0 bridgehead atoms. The summed E-state index contributed by atoms with van der Waals surface area (Å²) in [5, 5.41) is 3.28. The summed E-state index contributed by atoms with van der Waals surface area (Å²) in [6.07, 6.45) is 0. The van der Waals surface area contributed by atoms with E-state index in [1.165, 1.54) is 12.1 Å². The molecule has 0 fully saturated rings. The van der Waals surface area contributed by atoms with Crippen LogP contribution < -0.4 is 10.1 Å². The highest BCUT2D eigenvalue weighted by molar-refractivity contribution is 5.28. The lowest BCUT2D eigenvalue weighted by Crippen LogP contribution is -2.22. The maximum absolute atomic E-state index is 13.0. The van der Waals surface area contributed by atoms with E-state index in [9.17, 15) is 4.39 Å². The van der Waals surface area contributed by atoms with Crippen LogP contribution in [0.1, 0.15) is 19.5 Å². The van der Waals surface area contributed by atoms with Gasteiger partial charge < -0.3 is 10.1 Å². The van der Waals surface area contributed by atoms with Crippen LogP contribution in [0.4, 0.5) is 4.39 Å². The second-order valence-electron chi connectivity index (χ2n) is 4.56. The number of nitrogens with zero attached hydrogens (tertiary/aromatic N) is 1. The lowest BCUT2D eigenvalue weighted by molar-refractivity contribution is 0.454. The van der Waals surface area contributed by atoms with E-state index in [4.69, 9.17) is 4.74 Å². The predicted molar refractivity (Wildman–Crippen MR) is 72.7 cm³/mol. The third kappa shape index (κ3) is 4.34. The van der Waals surface area contributed by atoms with Crippen molar-refractivity contribution in [3.8, 4) is 11.6 Å². The molecule has 0 spiro atoms. The molecule has 0 aliphatic rings. The van der Waals surface area contributed by atoms with E-state index < -0.39 is 0 Å². The molecule has 1 aromatic heterocycles. The van der Waals surface area contributed by atoms with E-state index in [-0.39, 0.29) is 5.82 Å². The molecule has 0 aliphatic carbocycles. The van der Waals surface area contributed by atoms with Gasteiger partial charge in [0, 0.05) is 24.7 Å². The second kappa shape index (κ2) is 6.29. The van der Waals surface area contributed by atoms with Crippen LogP contribution in [0, 0.1) is 5.82 Å². The molecule has 0 saturated carbocycles. The van der Waals surface area contributed by atoms with Crippen molar-refractivity contribution in [2.45, 2.75) is 26.4 Å². The van der Waals surface area contributed by atoms with Gasteiger partial charge >= 0.3 is 0 Å². The van der Waals surface area contributed by atoms with Crippen LogP contribution >= 0.6 is 0 Å². The number of nitrogens with one attached hydrogen (secondary N) is 1. The summed E-state index contributed by atoms with van der Waals surface area (Å²) in [7, 11) is 0. The maximum Gasteiger partial charge on any atom is 0.219 e. The van der Waals surface area contributed by atoms with Crippen LogP contribution in [0.5, 0.6) is 11.6 Å². The SMILES string of the molecule is CC(C)NCc1cccc(Oc2cccc(F)c2)n1. The number of rotatable bonds is 5. The first-order chi connectivity index (χ1) is 9.13. The first-order valence-corrected chi connectivity index (χ1v) is 6.26. The molecule has 3 nitrogen and oxygen atoms in total. The van der Waals surface area contributed by atoms with Crippen LogP contribution in [0.3, 0.4) is 0 Å². The zero-order chi connectivity index (χ0) is 13.7. The topological polar surface area (TPSA) is 34.1 Å². The van der Waals surface area contributed by atoms with Crippen LogP contribution in [0.2, 0.25) is 0 Å². The van der Waals surface area contributed by atoms with Gasteiger partial charge in [-0.15, -0.1) is 0 Å². The molecule has 0 unspecified atom stereocenters. The number of ether oxygens (including phenoxy) is 1. The molecule has 0 aliphatic heterocycles. The van der Waals surface area contributed by atoms with Gasteiger partial charge in [0.15, 0.2) is 0 Å². The fourth-order valence-electron chi connectivity index (χ4n) is 1.57. The Kier molecular flexibility index (Phi) is 4.47. The van der Waals surface area contributed by atoms with Gasteiger partial charge in [-0.3, -0.25) is 0 Å². The van der Waals surface area contributed by atoms with E-state index in [1.807, 2.05) is 12.1 Å². The van der Waals surface area contributed by atoms with Crippen molar-refractivity contribution in [2.24, 2.45) is 0 Å². The zero-order valence-corrected chi connectivity index (χ0v) is 11.1. The van der Waals surface area contributed by atoms with E-state index in [0.717, 1.165) is 5.69 Å². The van der Waals surface area contributed by atoms with Gasteiger partial charge in [0.05, 0.1) is 5.69 Å². The minimum atomic E-state index is -0.324. The number of hydrogen-bond acceptors (Lipinski definition) is 3. The van der Waals surface area contributed by atoms with Crippen LogP contribution in [0.15, 0.2) is 42.5 Å². The monoisotopic (exact) mass is 260 g/mol. The normalized spacial score (nSPS) is 10.7. The van der Waals surface area contributed by atoms with E-state index in [2.05, 4.69) is 24.1 Å². The summed E-state index contributed by atoms with van der Waals surface area (Å²) < 4.78 is 18.6. The van der Waals surface area contributed by atoms with Crippen LogP contribution in [0.25, 0.3) is 0 Å². The van der Waals surface area contributed by atoms with Crippen LogP contribution in [-0.4, -0.2) is 11.0 Å². The number of pyridine rings is 1. The Hall–Kier alpha value is -1.94. The molecular formula is C15H17FN2O. The average molecular weight is 260 g/mol. The molecular weight excluding hydrogens is 243 g/mol. The maximum atomic E-state index is 13.0. The molecule has 1 N–H and O–H groups in total. The van der Waals surface area contributed by atoms with E-state index >= 15 is 0 Å². The van der Waals surface area contributed by atoms with Crippen molar-refractivity contribution in [3.63, 3.8) is 0 Å². The first kappa shape index (κ1) is 13.5. The zero-order valence-electron chi connectivity index (χ0n) is 11.1. The quantitative estimate of drug-likeness (QED) is 0.893. The minimum absolute atomic E-state index is 0.324. The fraction of sp³-hybridized carbons (Fsp3) is 0.267. The molecule has 100 valence electrons. The smallest absolute Gasteiger partial charge is 0.219 e. The molecule has 1 heterocycles. The minimum Gasteiger partial charge on any atom is -0.439 e. The molecule has 2 aromatic rings. The summed E-state index contributed by atoms with van der Waals surface area (Å²) in [6.45, 7) is 4.83. The Labute approximate surface area is 112 Å². The fourth-order valence-corrected chi connectivity index (χ4v) is 1.57. The number of benzene rings is 1. The summed E-state index contributed by atoms with van der Waals surface area (Å²) in [4.78, 5) is 4.36. The van der Waals surface area contributed by atoms with Crippen molar-refractivity contribution in [1.29, 1.82) is 0 Å². The van der Waals surface area contributed by atoms with Crippen molar-refractivity contribution < 1.29 is 9.13 Å². The van der Waals surface area contributed by atoms with Crippen molar-refractivity contribution in [1.82, 2.24) is 10.3 Å². The summed E-state index contributed by atoms with van der Waals surface area (Å²) in [6, 6.07) is 12.0. The van der Waals surface area contributed by atoms with Gasteiger partial charge in [-0.05, 0) is 18.2 Å². The predicted octanol–water partition coefficient (Wildman–Crippen LogP) is 3.51. The van der Waals surface area contributed by atoms with Gasteiger partial charge in [-0.1, -0.05) is 26.0 Å². The number of aromatic nitrogens is 1. The van der Waals surface area contributed by atoms with Gasteiger partial charge in [0.1, 0.15) is 11.6 Å². The molecule has 4 heteroatoms. The van der Waals surface area contributed by atoms with Gasteiger partial charge in [-0.25, -0.2) is 9.37 Å². The highest BCUT2D eigenvalue weighted by atomic mass is 19.1. The first-order valence-electron chi connectivity index (χ1n) is 6.26. The highest BCUT2D eigenvalue weighted by Crippen LogP contribution is 2.20. The third-order valence-corrected chi connectivity index (χ3v) is 2.49. The highest BCUT2D eigenvalue weighted by Gasteiger charge is 2.02. The molecule has 19 heavy (non-hydrogen) atoms. The average Bonchev–Trinajstić information content (AvgIpc) is 2.37. The van der Waals surface area contributed by atoms with Gasteiger partial charge in [0.2, 0.25) is 5.88 Å². The van der Waals surface area contributed by atoms with Crippen molar-refractivity contribution in [2.75, 3.05) is 0 Å². The Bertz CT molecular complexity index is 543. The number of hydrogen-bond donors (Lipinski definition) is 1. The molecule has 1 aromatic carbocycles. The Morgan fingerprint density at radius 1 is 1.21 bits per heavy atom. The van der Waals surface area contributed by atoms with Gasteiger partial charge in [-0.2, -0.15) is 0 Å². The van der Waals surface area contributed by atoms with E-state index in [0.29, 0.717) is 24.2 Å². The summed E-state index contributed by atoms with van der Waals surface area (Å²) in [5.74, 6) is 0.588. The molecule has 0 saturated heterocycles. The lowest BCUT2D eigenvalue weighted by Gasteiger charge is -2.09. The summed E-state index contributed by atoms with van der Waals surface area (Å²) in [5.41, 5.74) is 0.891. The standard InChI is InChI=1S/C15H17FN2O/c1-11(2)17-10-13-6-4-8-15(18-13)19-14-7-3-5-12(16)9-14/h3-9,11,17H,10H2,1-2H3. The second-order valence-corrected chi connectivity index (χ2v) is 4.56. The molecule has 0 radical (unpaired) electrons.